The van der Waals surface area contributed by atoms with Gasteiger partial charge in [-0.1, -0.05) is 12.1 Å². The van der Waals surface area contributed by atoms with Crippen LogP contribution in [0.5, 0.6) is 0 Å². The number of hydrogen-bond acceptors (Lipinski definition) is 9. The van der Waals surface area contributed by atoms with Gasteiger partial charge in [-0.3, -0.25) is 14.5 Å². The fourth-order valence-corrected chi connectivity index (χ4v) is 5.71. The predicted octanol–water partition coefficient (Wildman–Crippen LogP) is 5.95. The first-order valence-electron chi connectivity index (χ1n) is 15.3. The van der Waals surface area contributed by atoms with Gasteiger partial charge < -0.3 is 19.9 Å². The molecule has 5 aromatic rings. The van der Waals surface area contributed by atoms with Gasteiger partial charge in [-0.25, -0.2) is 14.4 Å². The van der Waals surface area contributed by atoms with Gasteiger partial charge >= 0.3 is 12.0 Å². The van der Waals surface area contributed by atoms with Crippen molar-refractivity contribution in [2.24, 2.45) is 4.99 Å². The number of rotatable bonds is 12. The molecule has 256 valence electrons. The molecule has 12 nitrogen and oxygen atoms in total. The van der Waals surface area contributed by atoms with E-state index in [1.807, 2.05) is 24.3 Å². The number of nitrogens with zero attached hydrogens (tertiary/aromatic N) is 8. The number of carbonyl (C=O) groups excluding carboxylic acids is 1. The molecule has 16 heteroatoms. The van der Waals surface area contributed by atoms with E-state index in [0.29, 0.717) is 29.0 Å². The lowest BCUT2D eigenvalue weighted by molar-refractivity contribution is -0.880. The first-order valence-corrected chi connectivity index (χ1v) is 15.3. The number of anilines is 2. The van der Waals surface area contributed by atoms with E-state index >= 15 is 0 Å². The van der Waals surface area contributed by atoms with Gasteiger partial charge in [0.05, 0.1) is 69.0 Å². The molecule has 1 aliphatic heterocycles. The fourth-order valence-electron chi connectivity index (χ4n) is 5.71. The zero-order chi connectivity index (χ0) is 35.6. The Bertz CT molecular complexity index is 2220. The molecule has 0 bridgehead atoms. The number of quaternary nitrogens is 1. The van der Waals surface area contributed by atoms with Crippen LogP contribution >= 0.6 is 0 Å². The first-order chi connectivity index (χ1) is 23.7. The number of hydrogen-bond donors (Lipinski definition) is 1. The zero-order valence-electron chi connectivity index (χ0n) is 26.9. The minimum atomic E-state index is -4.75. The summed E-state index contributed by atoms with van der Waals surface area (Å²) in [4.78, 5) is 39.6. The summed E-state index contributed by atoms with van der Waals surface area (Å²) in [5.41, 5.74) is 2.22. The van der Waals surface area contributed by atoms with Crippen molar-refractivity contribution in [2.45, 2.75) is 25.6 Å². The summed E-state index contributed by atoms with van der Waals surface area (Å²) in [6.45, 7) is 0.586. The third-order valence-electron chi connectivity index (χ3n) is 8.02. The average Bonchev–Trinajstić information content (AvgIpc) is 3.65. The van der Waals surface area contributed by atoms with E-state index in [1.54, 1.807) is 49.4 Å². The molecule has 1 aliphatic rings. The first kappa shape index (κ1) is 34.0. The normalized spacial score (nSPS) is 13.8. The molecule has 50 heavy (non-hydrogen) atoms. The molecule has 0 fully saturated rings. The zero-order valence-corrected chi connectivity index (χ0v) is 26.9. The van der Waals surface area contributed by atoms with Crippen molar-refractivity contribution in [1.82, 2.24) is 24.7 Å². The van der Waals surface area contributed by atoms with E-state index in [0.717, 1.165) is 22.2 Å². The summed E-state index contributed by atoms with van der Waals surface area (Å²) in [6, 6.07) is 13.8. The molecule has 0 radical (unpaired) electrons. The summed E-state index contributed by atoms with van der Waals surface area (Å²) in [7, 11) is 3.39. The van der Waals surface area contributed by atoms with Crippen LogP contribution in [0.25, 0.3) is 21.8 Å². The maximum atomic E-state index is 13.7. The second-order valence-electron chi connectivity index (χ2n) is 12.5. The molecule has 3 aromatic heterocycles. The molecular formula is C34H30F4N9O3+. The van der Waals surface area contributed by atoms with Crippen molar-refractivity contribution in [1.29, 1.82) is 0 Å². The van der Waals surface area contributed by atoms with Crippen molar-refractivity contribution in [3.05, 3.63) is 118 Å². The van der Waals surface area contributed by atoms with E-state index in [-0.39, 0.29) is 41.2 Å². The van der Waals surface area contributed by atoms with Gasteiger partial charge in [0.25, 0.3) is 0 Å². The highest BCUT2D eigenvalue weighted by Crippen LogP contribution is 2.31. The van der Waals surface area contributed by atoms with Gasteiger partial charge in [0.2, 0.25) is 5.71 Å². The Morgan fingerprint density at radius 2 is 1.92 bits per heavy atom. The molecule has 6 rings (SSSR count). The third-order valence-corrected chi connectivity index (χ3v) is 8.02. The van der Waals surface area contributed by atoms with Crippen LogP contribution in [0.3, 0.4) is 0 Å². The number of allylic oxidation sites excluding steroid dienone is 1. The second-order valence-corrected chi connectivity index (χ2v) is 12.5. The van der Waals surface area contributed by atoms with Crippen LogP contribution in [0.15, 0.2) is 95.8 Å². The second kappa shape index (κ2) is 13.5. The van der Waals surface area contributed by atoms with Crippen LogP contribution in [-0.4, -0.2) is 79.0 Å². The molecule has 0 amide bonds. The molecular weight excluding hydrogens is 658 g/mol. The summed E-state index contributed by atoms with van der Waals surface area (Å²) >= 11 is 0. The van der Waals surface area contributed by atoms with Crippen molar-refractivity contribution in [2.75, 3.05) is 32.5 Å². The van der Waals surface area contributed by atoms with E-state index in [2.05, 4.69) is 30.4 Å². The van der Waals surface area contributed by atoms with Crippen LogP contribution in [-0.2, 0) is 17.8 Å². The average molecular weight is 689 g/mol. The standard InChI is InChI=1S/C34H30F4N9O3/c1-47(2,19-23-13-31(34(36,37)38)44-33(23)46(49)50)10-4-7-27(48)14-26-15-28-29(17-39-26)40-20-41-32(28)43-25-8-9-30-22(12-25)16-42-45(30)18-21-5-3-6-24(35)11-21/h3-9,11-12,15-17,20H,10,13-14,18-19H2,1-2H3,(H,40,41,43)/q+1/b7-4+. The number of halogens is 4. The highest BCUT2D eigenvalue weighted by atomic mass is 19.4. The van der Waals surface area contributed by atoms with Gasteiger partial charge in [-0.15, -0.1) is 0 Å². The lowest BCUT2D eigenvalue weighted by Gasteiger charge is -2.28. The van der Waals surface area contributed by atoms with E-state index in [1.165, 1.54) is 24.5 Å². The lowest BCUT2D eigenvalue weighted by atomic mass is 10.1. The summed E-state index contributed by atoms with van der Waals surface area (Å²) in [5.74, 6) is -0.854. The summed E-state index contributed by atoms with van der Waals surface area (Å²) in [6.07, 6.45) is 2.20. The Hall–Kier alpha value is -5.90. The molecule has 0 unspecified atom stereocenters. The topological polar surface area (TPSA) is 141 Å². The summed E-state index contributed by atoms with van der Waals surface area (Å²) < 4.78 is 54.9. The minimum absolute atomic E-state index is 0.0186. The number of alkyl halides is 3. The van der Waals surface area contributed by atoms with Gasteiger partial charge in [0.1, 0.15) is 24.5 Å². The third kappa shape index (κ3) is 7.86. The van der Waals surface area contributed by atoms with Gasteiger partial charge in [-0.05, 0) is 64.0 Å². The molecule has 0 saturated heterocycles. The number of fused-ring (bicyclic) bond motifs is 2. The molecule has 4 heterocycles. The number of likely N-dealkylation sites (N-methyl/N-ethyl adjacent to an activating group) is 1. The van der Waals surface area contributed by atoms with Crippen LogP contribution in [0.1, 0.15) is 17.7 Å². The molecule has 0 aliphatic carbocycles. The highest BCUT2D eigenvalue weighted by Gasteiger charge is 2.47. The van der Waals surface area contributed by atoms with Crippen molar-refractivity contribution < 1.29 is 31.8 Å². The molecule has 0 saturated carbocycles. The molecule has 0 spiro atoms. The minimum Gasteiger partial charge on any atom is -0.358 e. The molecule has 1 N–H and O–H groups in total. The number of pyridine rings is 1. The maximum Gasteiger partial charge on any atom is 0.454 e. The lowest BCUT2D eigenvalue weighted by Crippen LogP contribution is -2.41. The number of nitrogens with one attached hydrogen (secondary N) is 1. The number of aliphatic imine (C=N–C) groups is 1. The van der Waals surface area contributed by atoms with Crippen LogP contribution in [0, 0.1) is 15.9 Å². The molecule has 2 aromatic carbocycles. The Morgan fingerprint density at radius 3 is 2.68 bits per heavy atom. The number of carbonyl (C=O) groups is 1. The van der Waals surface area contributed by atoms with E-state index < -0.39 is 29.1 Å². The Labute approximate surface area is 282 Å². The van der Waals surface area contributed by atoms with E-state index in [9.17, 15) is 32.5 Å². The predicted molar refractivity (Wildman–Crippen MR) is 178 cm³/mol. The van der Waals surface area contributed by atoms with Crippen molar-refractivity contribution in [3.8, 4) is 0 Å². The summed E-state index contributed by atoms with van der Waals surface area (Å²) in [5, 5.41) is 20.6. The number of ketones is 1. The largest absolute Gasteiger partial charge is 0.454 e. The van der Waals surface area contributed by atoms with Crippen LogP contribution in [0.4, 0.5) is 29.1 Å². The number of benzene rings is 2. The molecule has 0 atom stereocenters. The SMILES string of the molecule is C[N+](C)(C/C=C/C(=O)Cc1cc2c(Nc3ccc4c(cnn4Cc4cccc(F)c4)c3)ncnc2cn1)CC1=C([N+](=O)[O-])N=C(C(F)(F)F)C1. The van der Waals surface area contributed by atoms with Crippen LogP contribution in [0.2, 0.25) is 0 Å². The Balaban J connectivity index is 1.11. The van der Waals surface area contributed by atoms with Gasteiger partial charge in [0.15, 0.2) is 5.78 Å². The smallest absolute Gasteiger partial charge is 0.358 e. The van der Waals surface area contributed by atoms with Gasteiger partial charge in [-0.2, -0.15) is 18.3 Å². The van der Waals surface area contributed by atoms with E-state index in [4.69, 9.17) is 0 Å². The monoisotopic (exact) mass is 688 g/mol. The maximum absolute atomic E-state index is 13.7. The van der Waals surface area contributed by atoms with Crippen molar-refractivity contribution >= 4 is 44.8 Å². The van der Waals surface area contributed by atoms with Gasteiger partial charge in [0, 0.05) is 22.2 Å². The fraction of sp³-hybridized carbons (Fsp3) is 0.235. The Kier molecular flexibility index (Phi) is 9.20. The number of aromatic nitrogens is 5. The van der Waals surface area contributed by atoms with Crippen LogP contribution < -0.4 is 5.32 Å². The highest BCUT2D eigenvalue weighted by molar-refractivity contribution is 5.95. The van der Waals surface area contributed by atoms with Crippen molar-refractivity contribution in [3.63, 3.8) is 0 Å². The Morgan fingerprint density at radius 1 is 1.10 bits per heavy atom. The quantitative estimate of drug-likeness (QED) is 0.0558. The number of nitro groups is 1.